The number of aliphatic carboxylic acids is 1. The summed E-state index contributed by atoms with van der Waals surface area (Å²) in [5, 5.41) is 8.62. The lowest BCUT2D eigenvalue weighted by atomic mass is 10.0. The fraction of sp³-hybridized carbons (Fsp3) is 0.0588. The van der Waals surface area contributed by atoms with Crippen LogP contribution in [0.15, 0.2) is 54.6 Å². The maximum absolute atomic E-state index is 11.2. The van der Waals surface area contributed by atoms with Crippen LogP contribution in [-0.4, -0.2) is 16.9 Å². The highest BCUT2D eigenvalue weighted by molar-refractivity contribution is 5.94. The summed E-state index contributed by atoms with van der Waals surface area (Å²) in [6.07, 6.45) is 2.66. The molecule has 3 heteroatoms. The number of Topliss-reactive ketones (excluding diaryl/α,β-unsaturated/α-hetero) is 1. The number of carboxylic acid groups (broad SMARTS) is 1. The van der Waals surface area contributed by atoms with E-state index in [2.05, 4.69) is 0 Å². The number of hydrogen-bond donors (Lipinski definition) is 1. The first-order valence-corrected chi connectivity index (χ1v) is 6.19. The van der Waals surface area contributed by atoms with Gasteiger partial charge < -0.3 is 5.11 Å². The molecule has 0 radical (unpaired) electrons. The minimum Gasteiger partial charge on any atom is -0.478 e. The van der Waals surface area contributed by atoms with E-state index in [1.807, 2.05) is 36.4 Å². The summed E-state index contributed by atoms with van der Waals surface area (Å²) in [5.41, 5.74) is 3.46. The molecule has 0 unspecified atom stereocenters. The zero-order chi connectivity index (χ0) is 14.5. The van der Waals surface area contributed by atoms with Crippen molar-refractivity contribution in [2.24, 2.45) is 0 Å². The van der Waals surface area contributed by atoms with Crippen molar-refractivity contribution in [1.82, 2.24) is 0 Å². The fourth-order valence-corrected chi connectivity index (χ4v) is 1.89. The first kappa shape index (κ1) is 13.7. The first-order chi connectivity index (χ1) is 9.56. The zero-order valence-electron chi connectivity index (χ0n) is 11.0. The van der Waals surface area contributed by atoms with E-state index in [1.54, 1.807) is 18.2 Å². The van der Waals surface area contributed by atoms with Crippen LogP contribution >= 0.6 is 0 Å². The van der Waals surface area contributed by atoms with Crippen molar-refractivity contribution < 1.29 is 14.7 Å². The molecular formula is C17H14O3. The highest BCUT2D eigenvalue weighted by Gasteiger charge is 2.01. The Balaban J connectivity index is 2.31. The van der Waals surface area contributed by atoms with Crippen molar-refractivity contribution in [3.05, 3.63) is 65.7 Å². The molecule has 0 aromatic heterocycles. The van der Waals surface area contributed by atoms with E-state index in [1.165, 1.54) is 6.92 Å². The molecule has 20 heavy (non-hydrogen) atoms. The van der Waals surface area contributed by atoms with Crippen LogP contribution in [0.25, 0.3) is 17.2 Å². The van der Waals surface area contributed by atoms with Crippen LogP contribution in [0.5, 0.6) is 0 Å². The van der Waals surface area contributed by atoms with E-state index < -0.39 is 5.97 Å². The third kappa shape index (κ3) is 3.42. The molecule has 0 atom stereocenters. The summed E-state index contributed by atoms with van der Waals surface area (Å²) in [6.45, 7) is 1.53. The number of ketones is 1. The van der Waals surface area contributed by atoms with Gasteiger partial charge in [0.05, 0.1) is 0 Å². The molecule has 0 aliphatic rings. The largest absolute Gasteiger partial charge is 0.478 e. The number of carboxylic acids is 1. The summed E-state index contributed by atoms with van der Waals surface area (Å²) in [6, 6.07) is 14.9. The molecule has 0 heterocycles. The van der Waals surface area contributed by atoms with Gasteiger partial charge in [-0.25, -0.2) is 4.79 Å². The summed E-state index contributed by atoms with van der Waals surface area (Å²) in [5.74, 6) is -0.934. The summed E-state index contributed by atoms with van der Waals surface area (Å²) in [7, 11) is 0. The minimum absolute atomic E-state index is 0.0368. The van der Waals surface area contributed by atoms with Crippen LogP contribution in [-0.2, 0) is 4.79 Å². The van der Waals surface area contributed by atoms with Gasteiger partial charge in [0.1, 0.15) is 0 Å². The lowest BCUT2D eigenvalue weighted by Gasteiger charge is -2.04. The maximum Gasteiger partial charge on any atom is 0.328 e. The fourth-order valence-electron chi connectivity index (χ4n) is 1.89. The second kappa shape index (κ2) is 5.97. The SMILES string of the molecule is CC(=O)c1ccc(-c2cccc(/C=C/C(=O)O)c2)cc1. The average Bonchev–Trinajstić information content (AvgIpc) is 2.45. The van der Waals surface area contributed by atoms with Gasteiger partial charge in [-0.1, -0.05) is 42.5 Å². The molecule has 3 nitrogen and oxygen atoms in total. The summed E-state index contributed by atoms with van der Waals surface area (Å²) >= 11 is 0. The Morgan fingerprint density at radius 2 is 1.70 bits per heavy atom. The smallest absolute Gasteiger partial charge is 0.328 e. The summed E-state index contributed by atoms with van der Waals surface area (Å²) < 4.78 is 0. The van der Waals surface area contributed by atoms with Crippen molar-refractivity contribution in [2.45, 2.75) is 6.92 Å². The Bertz CT molecular complexity index is 667. The van der Waals surface area contributed by atoms with Gasteiger partial charge in [-0.2, -0.15) is 0 Å². The van der Waals surface area contributed by atoms with Crippen LogP contribution in [0.4, 0.5) is 0 Å². The number of hydrogen-bond acceptors (Lipinski definition) is 2. The van der Waals surface area contributed by atoms with Crippen LogP contribution in [0.1, 0.15) is 22.8 Å². The predicted octanol–water partition coefficient (Wildman–Crippen LogP) is 3.65. The molecule has 0 bridgehead atoms. The Kier molecular flexibility index (Phi) is 4.11. The first-order valence-electron chi connectivity index (χ1n) is 6.19. The van der Waals surface area contributed by atoms with Gasteiger partial charge in [0, 0.05) is 11.6 Å². The van der Waals surface area contributed by atoms with Crippen LogP contribution in [0, 0.1) is 0 Å². The molecule has 0 saturated heterocycles. The van der Waals surface area contributed by atoms with Gasteiger partial charge in [-0.15, -0.1) is 0 Å². The molecule has 2 aromatic rings. The second-order valence-electron chi connectivity index (χ2n) is 4.43. The third-order valence-corrected chi connectivity index (χ3v) is 2.93. The number of benzene rings is 2. The topological polar surface area (TPSA) is 54.4 Å². The Morgan fingerprint density at radius 3 is 2.30 bits per heavy atom. The third-order valence-electron chi connectivity index (χ3n) is 2.93. The highest BCUT2D eigenvalue weighted by atomic mass is 16.4. The monoisotopic (exact) mass is 266 g/mol. The molecule has 2 aromatic carbocycles. The van der Waals surface area contributed by atoms with Gasteiger partial charge in [-0.05, 0) is 35.8 Å². The summed E-state index contributed by atoms with van der Waals surface area (Å²) in [4.78, 5) is 21.7. The van der Waals surface area contributed by atoms with Crippen molar-refractivity contribution in [2.75, 3.05) is 0 Å². The molecule has 0 spiro atoms. The van der Waals surface area contributed by atoms with Gasteiger partial charge in [-0.3, -0.25) is 4.79 Å². The van der Waals surface area contributed by atoms with Crippen LogP contribution < -0.4 is 0 Å². The number of carbonyl (C=O) groups is 2. The molecule has 0 amide bonds. The lowest BCUT2D eigenvalue weighted by Crippen LogP contribution is -1.91. The molecule has 0 aliphatic carbocycles. The minimum atomic E-state index is -0.971. The van der Waals surface area contributed by atoms with E-state index in [9.17, 15) is 9.59 Å². The number of carbonyl (C=O) groups excluding carboxylic acids is 1. The van der Waals surface area contributed by atoms with Crippen molar-refractivity contribution in [3.63, 3.8) is 0 Å². The Morgan fingerprint density at radius 1 is 1.00 bits per heavy atom. The molecule has 0 saturated carbocycles. The van der Waals surface area contributed by atoms with Crippen LogP contribution in [0.2, 0.25) is 0 Å². The molecular weight excluding hydrogens is 252 g/mol. The zero-order valence-corrected chi connectivity index (χ0v) is 11.0. The molecule has 1 N–H and O–H groups in total. The van der Waals surface area contributed by atoms with E-state index in [-0.39, 0.29) is 5.78 Å². The molecule has 2 rings (SSSR count). The lowest BCUT2D eigenvalue weighted by molar-refractivity contribution is -0.131. The van der Waals surface area contributed by atoms with E-state index in [0.717, 1.165) is 22.8 Å². The van der Waals surface area contributed by atoms with Gasteiger partial charge in [0.2, 0.25) is 0 Å². The van der Waals surface area contributed by atoms with Gasteiger partial charge in [0.25, 0.3) is 0 Å². The predicted molar refractivity (Wildman–Crippen MR) is 78.6 cm³/mol. The Labute approximate surface area is 117 Å². The van der Waals surface area contributed by atoms with Gasteiger partial charge >= 0.3 is 5.97 Å². The standard InChI is InChI=1S/C17H14O3/c1-12(18)14-6-8-15(9-7-14)16-4-2-3-13(11-16)5-10-17(19)20/h2-11H,1H3,(H,19,20)/b10-5+. The van der Waals surface area contributed by atoms with E-state index in [0.29, 0.717) is 5.56 Å². The Hall–Kier alpha value is -2.68. The van der Waals surface area contributed by atoms with E-state index >= 15 is 0 Å². The van der Waals surface area contributed by atoms with Crippen molar-refractivity contribution >= 4 is 17.8 Å². The van der Waals surface area contributed by atoms with Crippen molar-refractivity contribution in [1.29, 1.82) is 0 Å². The van der Waals surface area contributed by atoms with E-state index in [4.69, 9.17) is 5.11 Å². The van der Waals surface area contributed by atoms with Crippen molar-refractivity contribution in [3.8, 4) is 11.1 Å². The highest BCUT2D eigenvalue weighted by Crippen LogP contribution is 2.21. The molecule has 0 aliphatic heterocycles. The van der Waals surface area contributed by atoms with Crippen LogP contribution in [0.3, 0.4) is 0 Å². The maximum atomic E-state index is 11.2. The second-order valence-corrected chi connectivity index (χ2v) is 4.43. The molecule has 100 valence electrons. The van der Waals surface area contributed by atoms with Gasteiger partial charge in [0.15, 0.2) is 5.78 Å². The number of rotatable bonds is 4. The quantitative estimate of drug-likeness (QED) is 0.678. The normalized spacial score (nSPS) is 10.7. The molecule has 0 fully saturated rings. The average molecular weight is 266 g/mol.